The number of benzene rings is 1. The normalized spacial score (nSPS) is 19.6. The number of rotatable bonds is 4. The Kier molecular flexibility index (Phi) is 4.24. The van der Waals surface area contributed by atoms with Crippen LogP contribution in [0.1, 0.15) is 23.8 Å². The van der Waals surface area contributed by atoms with Crippen LogP contribution < -0.4 is 4.90 Å². The highest BCUT2D eigenvalue weighted by Crippen LogP contribution is 2.42. The fraction of sp³-hybridized carbons (Fsp3) is 0.467. The Balaban J connectivity index is 1.44. The highest BCUT2D eigenvalue weighted by Gasteiger charge is 2.31. The molecule has 6 nitrogen and oxygen atoms in total. The summed E-state index contributed by atoms with van der Waals surface area (Å²) < 4.78 is 26.9. The quantitative estimate of drug-likeness (QED) is 0.810. The fourth-order valence-electron chi connectivity index (χ4n) is 2.72. The molecule has 1 saturated heterocycles. The zero-order valence-electron chi connectivity index (χ0n) is 12.9. The maximum Gasteiger partial charge on any atom is 0.243 e. The van der Waals surface area contributed by atoms with Gasteiger partial charge in [0.05, 0.1) is 4.90 Å². The van der Waals surface area contributed by atoms with Crippen LogP contribution in [0.15, 0.2) is 29.2 Å². The van der Waals surface area contributed by atoms with E-state index in [1.54, 1.807) is 35.6 Å². The van der Waals surface area contributed by atoms with Crippen molar-refractivity contribution in [2.24, 2.45) is 0 Å². The zero-order chi connectivity index (χ0) is 16.7. The van der Waals surface area contributed by atoms with Gasteiger partial charge in [-0.1, -0.05) is 22.9 Å². The van der Waals surface area contributed by atoms with Crippen molar-refractivity contribution in [3.63, 3.8) is 0 Å². The molecule has 2 aromatic rings. The van der Waals surface area contributed by atoms with E-state index in [1.165, 1.54) is 17.1 Å². The number of piperazine rings is 1. The number of aromatic nitrogens is 2. The topological polar surface area (TPSA) is 66.4 Å². The second-order valence-electron chi connectivity index (χ2n) is 6.04. The highest BCUT2D eigenvalue weighted by molar-refractivity contribution is 7.89. The van der Waals surface area contributed by atoms with Crippen LogP contribution in [0.25, 0.3) is 0 Å². The van der Waals surface area contributed by atoms with Crippen molar-refractivity contribution < 1.29 is 8.42 Å². The van der Waals surface area contributed by atoms with Gasteiger partial charge >= 0.3 is 0 Å². The average molecular weight is 385 g/mol. The van der Waals surface area contributed by atoms with E-state index in [4.69, 9.17) is 11.6 Å². The molecule has 2 fully saturated rings. The van der Waals surface area contributed by atoms with Gasteiger partial charge in [0, 0.05) is 37.1 Å². The van der Waals surface area contributed by atoms with Crippen LogP contribution in [-0.4, -0.2) is 49.1 Å². The first-order valence-electron chi connectivity index (χ1n) is 7.88. The SMILES string of the molecule is O=S(=O)(c1ccc(Cl)cc1)N1CCN(c2nnc(C3CC3)s2)CC1. The first-order valence-corrected chi connectivity index (χ1v) is 10.5. The lowest BCUT2D eigenvalue weighted by Crippen LogP contribution is -2.48. The maximum atomic E-state index is 12.7. The molecule has 1 aliphatic heterocycles. The molecule has 0 unspecified atom stereocenters. The second-order valence-corrected chi connectivity index (χ2v) is 9.40. The standard InChI is InChI=1S/C15H17ClN4O2S2/c16-12-3-5-13(6-4-12)24(21,22)20-9-7-19(8-10-20)15-18-17-14(23-15)11-1-2-11/h3-6,11H,1-2,7-10H2. The molecule has 0 spiro atoms. The van der Waals surface area contributed by atoms with Crippen LogP contribution in [0.4, 0.5) is 5.13 Å². The van der Waals surface area contributed by atoms with E-state index in [0.717, 1.165) is 10.1 Å². The van der Waals surface area contributed by atoms with E-state index in [9.17, 15) is 8.42 Å². The van der Waals surface area contributed by atoms with Crippen molar-refractivity contribution in [2.75, 3.05) is 31.1 Å². The molecule has 2 heterocycles. The Morgan fingerprint density at radius 2 is 1.71 bits per heavy atom. The molecule has 4 rings (SSSR count). The Morgan fingerprint density at radius 3 is 2.33 bits per heavy atom. The summed E-state index contributed by atoms with van der Waals surface area (Å²) in [6.07, 6.45) is 2.42. The Bertz CT molecular complexity index is 825. The van der Waals surface area contributed by atoms with Gasteiger partial charge in [0.1, 0.15) is 5.01 Å². The molecule has 1 saturated carbocycles. The van der Waals surface area contributed by atoms with Gasteiger partial charge in [0.15, 0.2) is 0 Å². The molecule has 24 heavy (non-hydrogen) atoms. The minimum absolute atomic E-state index is 0.285. The summed E-state index contributed by atoms with van der Waals surface area (Å²) in [5, 5.41) is 11.1. The van der Waals surface area contributed by atoms with Gasteiger partial charge in [0.25, 0.3) is 0 Å². The molecule has 1 aliphatic carbocycles. The monoisotopic (exact) mass is 384 g/mol. The van der Waals surface area contributed by atoms with Gasteiger partial charge in [-0.3, -0.25) is 0 Å². The second kappa shape index (κ2) is 6.25. The number of hydrogen-bond acceptors (Lipinski definition) is 6. The van der Waals surface area contributed by atoms with Gasteiger partial charge < -0.3 is 4.90 Å². The molecule has 0 atom stereocenters. The summed E-state index contributed by atoms with van der Waals surface area (Å²) in [6, 6.07) is 6.31. The molecule has 128 valence electrons. The smallest absolute Gasteiger partial charge is 0.243 e. The fourth-order valence-corrected chi connectivity index (χ4v) is 5.34. The van der Waals surface area contributed by atoms with E-state index in [2.05, 4.69) is 15.1 Å². The number of anilines is 1. The number of nitrogens with zero attached hydrogens (tertiary/aromatic N) is 4. The predicted octanol–water partition coefficient (Wildman–Crippen LogP) is 2.58. The first-order chi connectivity index (χ1) is 11.5. The van der Waals surface area contributed by atoms with Gasteiger partial charge in [-0.25, -0.2) is 8.42 Å². The van der Waals surface area contributed by atoms with Crippen LogP contribution in [-0.2, 0) is 10.0 Å². The largest absolute Gasteiger partial charge is 0.344 e. The third-order valence-corrected chi connectivity index (χ3v) is 7.63. The zero-order valence-corrected chi connectivity index (χ0v) is 15.3. The summed E-state index contributed by atoms with van der Waals surface area (Å²) in [5.74, 6) is 0.600. The summed E-state index contributed by atoms with van der Waals surface area (Å²) in [7, 11) is -3.47. The number of hydrogen-bond donors (Lipinski definition) is 0. The molecule has 2 aliphatic rings. The highest BCUT2D eigenvalue weighted by atomic mass is 35.5. The van der Waals surface area contributed by atoms with E-state index in [0.29, 0.717) is 37.1 Å². The van der Waals surface area contributed by atoms with Crippen molar-refractivity contribution in [2.45, 2.75) is 23.7 Å². The summed E-state index contributed by atoms with van der Waals surface area (Å²) in [6.45, 7) is 2.16. The van der Waals surface area contributed by atoms with E-state index < -0.39 is 10.0 Å². The molecule has 1 aromatic carbocycles. The van der Waals surface area contributed by atoms with Crippen molar-refractivity contribution in [1.29, 1.82) is 0 Å². The predicted molar refractivity (Wildman–Crippen MR) is 94.3 cm³/mol. The number of sulfonamides is 1. The minimum Gasteiger partial charge on any atom is -0.344 e. The first kappa shape index (κ1) is 16.3. The molecule has 0 bridgehead atoms. The summed E-state index contributed by atoms with van der Waals surface area (Å²) >= 11 is 7.47. The van der Waals surface area contributed by atoms with E-state index in [1.807, 2.05) is 0 Å². The third-order valence-electron chi connectivity index (χ3n) is 4.32. The van der Waals surface area contributed by atoms with Crippen LogP contribution in [0.3, 0.4) is 0 Å². The Morgan fingerprint density at radius 1 is 1.04 bits per heavy atom. The summed E-state index contributed by atoms with van der Waals surface area (Å²) in [4.78, 5) is 2.41. The van der Waals surface area contributed by atoms with Crippen LogP contribution in [0.2, 0.25) is 5.02 Å². The van der Waals surface area contributed by atoms with Crippen molar-refractivity contribution in [1.82, 2.24) is 14.5 Å². The van der Waals surface area contributed by atoms with Gasteiger partial charge in [-0.2, -0.15) is 4.31 Å². The Labute approximate surface area is 150 Å². The van der Waals surface area contributed by atoms with Crippen LogP contribution >= 0.6 is 22.9 Å². The van der Waals surface area contributed by atoms with Crippen LogP contribution in [0.5, 0.6) is 0 Å². The lowest BCUT2D eigenvalue weighted by molar-refractivity contribution is 0.384. The summed E-state index contributed by atoms with van der Waals surface area (Å²) in [5.41, 5.74) is 0. The maximum absolute atomic E-state index is 12.7. The molecule has 0 amide bonds. The van der Waals surface area contributed by atoms with E-state index in [-0.39, 0.29) is 4.90 Å². The molecule has 0 radical (unpaired) electrons. The third kappa shape index (κ3) is 3.15. The van der Waals surface area contributed by atoms with Gasteiger partial charge in [-0.05, 0) is 37.1 Å². The molecule has 0 N–H and O–H groups in total. The number of halogens is 1. The van der Waals surface area contributed by atoms with Gasteiger partial charge in [0.2, 0.25) is 15.2 Å². The molecular weight excluding hydrogens is 368 g/mol. The molecular formula is C15H17ClN4O2S2. The van der Waals surface area contributed by atoms with Crippen molar-refractivity contribution in [3.8, 4) is 0 Å². The average Bonchev–Trinajstić information content (AvgIpc) is 3.32. The lowest BCUT2D eigenvalue weighted by atomic mass is 10.4. The van der Waals surface area contributed by atoms with E-state index >= 15 is 0 Å². The van der Waals surface area contributed by atoms with Gasteiger partial charge in [-0.15, -0.1) is 10.2 Å². The molecule has 9 heteroatoms. The minimum atomic E-state index is -3.47. The Hall–Kier alpha value is -1.22. The van der Waals surface area contributed by atoms with Crippen LogP contribution in [0, 0.1) is 0 Å². The van der Waals surface area contributed by atoms with Crippen molar-refractivity contribution >= 4 is 38.1 Å². The molecule has 1 aromatic heterocycles. The lowest BCUT2D eigenvalue weighted by Gasteiger charge is -2.33. The van der Waals surface area contributed by atoms with Crippen molar-refractivity contribution in [3.05, 3.63) is 34.3 Å².